The van der Waals surface area contributed by atoms with E-state index >= 15 is 0 Å². The van der Waals surface area contributed by atoms with Crippen molar-refractivity contribution in [2.75, 3.05) is 14.2 Å². The fraction of sp³-hybridized carbons (Fsp3) is 0.625. The Morgan fingerprint density at radius 2 is 1.79 bits per heavy atom. The molecule has 78 valence electrons. The summed E-state index contributed by atoms with van der Waals surface area (Å²) in [6, 6.07) is 0. The highest BCUT2D eigenvalue weighted by Crippen LogP contribution is 2.29. The van der Waals surface area contributed by atoms with Crippen LogP contribution >= 0.6 is 0 Å². The number of carbonyl (C=O) groups is 3. The van der Waals surface area contributed by atoms with Crippen LogP contribution in [0.2, 0.25) is 0 Å². The fourth-order valence-corrected chi connectivity index (χ4v) is 1.28. The maximum absolute atomic E-state index is 11.3. The summed E-state index contributed by atoms with van der Waals surface area (Å²) in [7, 11) is 2.22. The van der Waals surface area contributed by atoms with E-state index in [0.717, 1.165) is 14.2 Å². The van der Waals surface area contributed by atoms with E-state index in [0.29, 0.717) is 0 Å². The summed E-state index contributed by atoms with van der Waals surface area (Å²) >= 11 is 0. The minimum Gasteiger partial charge on any atom is -0.466 e. The van der Waals surface area contributed by atoms with Crippen LogP contribution in [-0.4, -0.2) is 37.7 Å². The lowest BCUT2D eigenvalue weighted by Crippen LogP contribution is -2.48. The Bertz CT molecular complexity index is 266. The Hall–Kier alpha value is -1.59. The third-order valence-electron chi connectivity index (χ3n) is 2.00. The van der Waals surface area contributed by atoms with Gasteiger partial charge in [0.05, 0.1) is 20.6 Å². The zero-order valence-electron chi connectivity index (χ0n) is 7.86. The summed E-state index contributed by atoms with van der Waals surface area (Å²) in [5, 5.41) is 0. The van der Waals surface area contributed by atoms with Crippen molar-refractivity contribution in [1.82, 2.24) is 0 Å². The largest absolute Gasteiger partial charge is 0.466 e. The molecular weight excluding hydrogens is 192 g/mol. The number of ether oxygens (including phenoxy) is 3. The van der Waals surface area contributed by atoms with E-state index in [2.05, 4.69) is 14.2 Å². The first-order valence-corrected chi connectivity index (χ1v) is 3.95. The van der Waals surface area contributed by atoms with Gasteiger partial charge < -0.3 is 14.2 Å². The maximum atomic E-state index is 11.3. The molecule has 1 saturated heterocycles. The molecule has 0 radical (unpaired) electrons. The molecule has 0 aromatic heterocycles. The molecule has 0 unspecified atom stereocenters. The van der Waals surface area contributed by atoms with Crippen LogP contribution in [0.4, 0.5) is 0 Å². The van der Waals surface area contributed by atoms with Crippen molar-refractivity contribution in [1.29, 1.82) is 0 Å². The lowest BCUT2D eigenvalue weighted by atomic mass is 10.0. The average molecular weight is 202 g/mol. The van der Waals surface area contributed by atoms with Gasteiger partial charge in [-0.05, 0) is 0 Å². The van der Waals surface area contributed by atoms with Gasteiger partial charge in [0, 0.05) is 6.42 Å². The molecule has 0 aromatic carbocycles. The van der Waals surface area contributed by atoms with Crippen LogP contribution in [0, 0.1) is 0 Å². The summed E-state index contributed by atoms with van der Waals surface area (Å²) in [4.78, 5) is 33.4. The molecule has 1 rings (SSSR count). The number of esters is 3. The van der Waals surface area contributed by atoms with Crippen LogP contribution in [0.25, 0.3) is 0 Å². The van der Waals surface area contributed by atoms with Crippen molar-refractivity contribution in [3.63, 3.8) is 0 Å². The van der Waals surface area contributed by atoms with Crippen molar-refractivity contribution in [2.24, 2.45) is 0 Å². The van der Waals surface area contributed by atoms with E-state index in [1.54, 1.807) is 0 Å². The van der Waals surface area contributed by atoms with Gasteiger partial charge in [-0.15, -0.1) is 0 Å². The third-order valence-corrected chi connectivity index (χ3v) is 2.00. The molecule has 0 N–H and O–H groups in total. The van der Waals surface area contributed by atoms with Crippen molar-refractivity contribution in [2.45, 2.75) is 18.4 Å². The van der Waals surface area contributed by atoms with Gasteiger partial charge >= 0.3 is 23.5 Å². The monoisotopic (exact) mass is 202 g/mol. The molecular formula is C8H10O6. The van der Waals surface area contributed by atoms with Gasteiger partial charge in [0.2, 0.25) is 0 Å². The first-order chi connectivity index (χ1) is 6.56. The Morgan fingerprint density at radius 3 is 2.07 bits per heavy atom. The highest BCUT2D eigenvalue weighted by Gasteiger charge is 2.56. The molecule has 0 saturated carbocycles. The smallest absolute Gasteiger partial charge is 0.362 e. The fourth-order valence-electron chi connectivity index (χ4n) is 1.28. The molecule has 0 aliphatic carbocycles. The van der Waals surface area contributed by atoms with Crippen LogP contribution < -0.4 is 0 Å². The van der Waals surface area contributed by atoms with Crippen LogP contribution in [0.3, 0.4) is 0 Å². The molecule has 1 aliphatic rings. The van der Waals surface area contributed by atoms with Crippen LogP contribution in [0.1, 0.15) is 12.8 Å². The van der Waals surface area contributed by atoms with Crippen LogP contribution in [0.15, 0.2) is 0 Å². The van der Waals surface area contributed by atoms with Gasteiger partial charge in [-0.3, -0.25) is 4.79 Å². The Morgan fingerprint density at radius 1 is 1.29 bits per heavy atom. The molecule has 14 heavy (non-hydrogen) atoms. The van der Waals surface area contributed by atoms with Crippen LogP contribution in [-0.2, 0) is 28.6 Å². The topological polar surface area (TPSA) is 78.9 Å². The summed E-state index contributed by atoms with van der Waals surface area (Å²) in [5.74, 6) is -2.42. The second-order valence-corrected chi connectivity index (χ2v) is 2.78. The van der Waals surface area contributed by atoms with Gasteiger partial charge in [0.1, 0.15) is 0 Å². The average Bonchev–Trinajstić information content (AvgIpc) is 2.59. The number of hydrogen-bond acceptors (Lipinski definition) is 6. The molecule has 1 heterocycles. The Labute approximate surface area is 80.1 Å². The zero-order chi connectivity index (χ0) is 10.8. The maximum Gasteiger partial charge on any atom is 0.362 e. The van der Waals surface area contributed by atoms with E-state index in [9.17, 15) is 14.4 Å². The second-order valence-electron chi connectivity index (χ2n) is 2.78. The Balaban J connectivity index is 2.97. The van der Waals surface area contributed by atoms with Crippen molar-refractivity contribution >= 4 is 17.9 Å². The number of cyclic esters (lactones) is 1. The second kappa shape index (κ2) is 3.65. The molecule has 0 aromatic rings. The lowest BCUT2D eigenvalue weighted by molar-refractivity contribution is -0.186. The highest BCUT2D eigenvalue weighted by molar-refractivity contribution is 6.06. The summed E-state index contributed by atoms with van der Waals surface area (Å²) in [6.45, 7) is 0. The first kappa shape index (κ1) is 10.5. The van der Waals surface area contributed by atoms with Gasteiger partial charge in [-0.1, -0.05) is 0 Å². The van der Waals surface area contributed by atoms with Crippen molar-refractivity contribution in [3.05, 3.63) is 0 Å². The molecule has 0 bridgehead atoms. The molecule has 1 fully saturated rings. The van der Waals surface area contributed by atoms with E-state index in [1.165, 1.54) is 0 Å². The lowest BCUT2D eigenvalue weighted by Gasteiger charge is -2.20. The molecule has 0 spiro atoms. The summed E-state index contributed by atoms with van der Waals surface area (Å²) in [5.41, 5.74) is -1.89. The molecule has 0 atom stereocenters. The predicted octanol–water partition coefficient (Wildman–Crippen LogP) is -0.592. The standard InChI is InChI=1S/C8H10O6/c1-12-6(10)8(7(11)13-2)4-3-5(9)14-8/h3-4H2,1-2H3. The minimum atomic E-state index is -1.89. The number of rotatable bonds is 2. The van der Waals surface area contributed by atoms with E-state index in [4.69, 9.17) is 0 Å². The van der Waals surface area contributed by atoms with Crippen molar-refractivity contribution < 1.29 is 28.6 Å². The SMILES string of the molecule is COC(=O)C1(C(=O)OC)CCC(=O)O1. The van der Waals surface area contributed by atoms with E-state index in [-0.39, 0.29) is 12.8 Å². The van der Waals surface area contributed by atoms with Gasteiger partial charge in [-0.2, -0.15) is 0 Å². The minimum absolute atomic E-state index is 0.00417. The molecule has 6 nitrogen and oxygen atoms in total. The van der Waals surface area contributed by atoms with Crippen LogP contribution in [0.5, 0.6) is 0 Å². The Kier molecular flexibility index (Phi) is 2.73. The predicted molar refractivity (Wildman–Crippen MR) is 42.1 cm³/mol. The van der Waals surface area contributed by atoms with Gasteiger partial charge in [-0.25, -0.2) is 9.59 Å². The normalized spacial score (nSPS) is 18.6. The number of hydrogen-bond donors (Lipinski definition) is 0. The van der Waals surface area contributed by atoms with Crippen molar-refractivity contribution in [3.8, 4) is 0 Å². The van der Waals surface area contributed by atoms with Gasteiger partial charge in [0.25, 0.3) is 0 Å². The van der Waals surface area contributed by atoms with Gasteiger partial charge in [0.15, 0.2) is 0 Å². The van der Waals surface area contributed by atoms with E-state index < -0.39 is 23.5 Å². The highest BCUT2D eigenvalue weighted by atomic mass is 16.6. The molecule has 6 heteroatoms. The number of methoxy groups -OCH3 is 2. The zero-order valence-corrected chi connectivity index (χ0v) is 7.86. The summed E-state index contributed by atoms with van der Waals surface area (Å²) in [6.07, 6.45) is -0.0324. The third kappa shape index (κ3) is 1.43. The quantitative estimate of drug-likeness (QED) is 0.338. The molecule has 1 aliphatic heterocycles. The summed E-state index contributed by atoms with van der Waals surface area (Å²) < 4.78 is 13.4. The van der Waals surface area contributed by atoms with E-state index in [1.807, 2.05) is 0 Å². The first-order valence-electron chi connectivity index (χ1n) is 3.95. The molecule has 0 amide bonds. The number of carbonyl (C=O) groups excluding carboxylic acids is 3.